The van der Waals surface area contributed by atoms with E-state index in [9.17, 15) is 18.0 Å². The van der Waals surface area contributed by atoms with E-state index in [2.05, 4.69) is 5.10 Å². The third kappa shape index (κ3) is 3.41. The number of hydrogen-bond acceptors (Lipinski definition) is 2. The van der Waals surface area contributed by atoms with Crippen LogP contribution < -0.4 is 5.43 Å². The van der Waals surface area contributed by atoms with Gasteiger partial charge in [-0.25, -0.2) is 5.43 Å². The maximum atomic E-state index is 12.2. The van der Waals surface area contributed by atoms with Gasteiger partial charge in [-0.15, -0.1) is 0 Å². The van der Waals surface area contributed by atoms with Crippen LogP contribution in [0.25, 0.3) is 0 Å². The highest BCUT2D eigenvalue weighted by molar-refractivity contribution is 5.80. The molecule has 0 fully saturated rings. The minimum absolute atomic E-state index is 0.263. The SMILES string of the molecule is O=CN/N=C/c1cccc(C(F)(F)F)c1. The van der Waals surface area contributed by atoms with Crippen LogP contribution in [0.2, 0.25) is 0 Å². The summed E-state index contributed by atoms with van der Waals surface area (Å²) >= 11 is 0. The Kier molecular flexibility index (Phi) is 3.43. The van der Waals surface area contributed by atoms with Gasteiger partial charge in [-0.1, -0.05) is 12.1 Å². The Morgan fingerprint density at radius 3 is 2.67 bits per heavy atom. The molecule has 0 aliphatic heterocycles. The van der Waals surface area contributed by atoms with Crippen LogP contribution in [0.3, 0.4) is 0 Å². The lowest BCUT2D eigenvalue weighted by atomic mass is 10.1. The average Bonchev–Trinajstić information content (AvgIpc) is 2.17. The number of carbonyl (C=O) groups is 1. The number of hydrazone groups is 1. The van der Waals surface area contributed by atoms with E-state index in [4.69, 9.17) is 0 Å². The summed E-state index contributed by atoms with van der Waals surface area (Å²) in [6.07, 6.45) is -2.92. The monoisotopic (exact) mass is 216 g/mol. The van der Waals surface area contributed by atoms with Gasteiger partial charge in [0.1, 0.15) is 0 Å². The molecule has 0 heterocycles. The zero-order chi connectivity index (χ0) is 11.3. The Balaban J connectivity index is 2.88. The van der Waals surface area contributed by atoms with Gasteiger partial charge in [0.2, 0.25) is 6.41 Å². The van der Waals surface area contributed by atoms with Crippen molar-refractivity contribution in [3.63, 3.8) is 0 Å². The molecule has 1 aromatic carbocycles. The number of amides is 1. The van der Waals surface area contributed by atoms with E-state index in [1.165, 1.54) is 12.1 Å². The Hall–Kier alpha value is -1.85. The fourth-order valence-electron chi connectivity index (χ4n) is 0.938. The van der Waals surface area contributed by atoms with E-state index in [1.54, 1.807) is 0 Å². The van der Waals surface area contributed by atoms with E-state index in [0.717, 1.165) is 18.3 Å². The first-order valence-electron chi connectivity index (χ1n) is 3.93. The highest BCUT2D eigenvalue weighted by atomic mass is 19.4. The molecule has 0 saturated carbocycles. The van der Waals surface area contributed by atoms with Crippen LogP contribution in [-0.4, -0.2) is 12.6 Å². The summed E-state index contributed by atoms with van der Waals surface area (Å²) in [6.45, 7) is 0. The molecule has 0 bridgehead atoms. The fraction of sp³-hybridized carbons (Fsp3) is 0.111. The van der Waals surface area contributed by atoms with Crippen molar-refractivity contribution in [3.8, 4) is 0 Å². The number of alkyl halides is 3. The summed E-state index contributed by atoms with van der Waals surface area (Å²) in [6, 6.07) is 4.62. The van der Waals surface area contributed by atoms with Gasteiger partial charge in [-0.3, -0.25) is 4.79 Å². The largest absolute Gasteiger partial charge is 0.416 e. The van der Waals surface area contributed by atoms with Gasteiger partial charge in [0.05, 0.1) is 11.8 Å². The van der Waals surface area contributed by atoms with Crippen LogP contribution >= 0.6 is 0 Å². The second kappa shape index (κ2) is 4.59. The van der Waals surface area contributed by atoms with Gasteiger partial charge in [-0.05, 0) is 17.7 Å². The average molecular weight is 216 g/mol. The van der Waals surface area contributed by atoms with E-state index in [0.29, 0.717) is 6.41 Å². The Bertz CT molecular complexity index is 374. The summed E-state index contributed by atoms with van der Waals surface area (Å²) in [5.41, 5.74) is 1.47. The molecule has 0 unspecified atom stereocenters. The third-order valence-corrected chi connectivity index (χ3v) is 1.55. The van der Waals surface area contributed by atoms with Crippen molar-refractivity contribution in [2.75, 3.05) is 0 Å². The Morgan fingerprint density at radius 2 is 2.07 bits per heavy atom. The quantitative estimate of drug-likeness (QED) is 0.467. The summed E-state index contributed by atoms with van der Waals surface area (Å²) in [5.74, 6) is 0. The van der Waals surface area contributed by atoms with E-state index >= 15 is 0 Å². The molecule has 1 amide bonds. The van der Waals surface area contributed by atoms with Crippen molar-refractivity contribution < 1.29 is 18.0 Å². The highest BCUT2D eigenvalue weighted by Gasteiger charge is 2.30. The first kappa shape index (κ1) is 11.2. The molecule has 6 heteroatoms. The smallest absolute Gasteiger partial charge is 0.277 e. The molecular formula is C9H7F3N2O. The topological polar surface area (TPSA) is 41.5 Å². The zero-order valence-corrected chi connectivity index (χ0v) is 7.45. The van der Waals surface area contributed by atoms with Gasteiger partial charge in [0.15, 0.2) is 0 Å². The van der Waals surface area contributed by atoms with Crippen LogP contribution in [0.1, 0.15) is 11.1 Å². The highest BCUT2D eigenvalue weighted by Crippen LogP contribution is 2.29. The number of rotatable bonds is 3. The molecule has 0 radical (unpaired) electrons. The van der Waals surface area contributed by atoms with Crippen LogP contribution in [0.5, 0.6) is 0 Å². The Labute approximate surface area is 83.6 Å². The predicted octanol–water partition coefficient (Wildman–Crippen LogP) is 1.79. The van der Waals surface area contributed by atoms with Crippen LogP contribution in [0.15, 0.2) is 29.4 Å². The molecule has 0 aliphatic rings. The van der Waals surface area contributed by atoms with Crippen molar-refractivity contribution in [1.82, 2.24) is 5.43 Å². The van der Waals surface area contributed by atoms with Crippen molar-refractivity contribution >= 4 is 12.6 Å². The number of carbonyl (C=O) groups excluding carboxylic acids is 1. The van der Waals surface area contributed by atoms with Crippen molar-refractivity contribution in [2.24, 2.45) is 5.10 Å². The summed E-state index contributed by atoms with van der Waals surface area (Å²) in [5, 5.41) is 3.37. The molecule has 0 aliphatic carbocycles. The van der Waals surface area contributed by atoms with E-state index < -0.39 is 11.7 Å². The molecule has 0 saturated heterocycles. The maximum absolute atomic E-state index is 12.2. The minimum Gasteiger partial charge on any atom is -0.277 e. The van der Waals surface area contributed by atoms with Gasteiger partial charge in [0, 0.05) is 0 Å². The number of benzene rings is 1. The summed E-state index contributed by atoms with van der Waals surface area (Å²) < 4.78 is 36.7. The molecular weight excluding hydrogens is 209 g/mol. The maximum Gasteiger partial charge on any atom is 0.416 e. The molecule has 0 aromatic heterocycles. The van der Waals surface area contributed by atoms with Crippen molar-refractivity contribution in [2.45, 2.75) is 6.18 Å². The molecule has 1 aromatic rings. The zero-order valence-electron chi connectivity index (χ0n) is 7.45. The lowest BCUT2D eigenvalue weighted by Gasteiger charge is -2.06. The number of nitrogens with zero attached hydrogens (tertiary/aromatic N) is 1. The second-order valence-electron chi connectivity index (χ2n) is 2.63. The minimum atomic E-state index is -4.37. The molecule has 3 nitrogen and oxygen atoms in total. The lowest BCUT2D eigenvalue weighted by molar-refractivity contribution is -0.137. The first-order chi connectivity index (χ1) is 7.04. The third-order valence-electron chi connectivity index (χ3n) is 1.55. The fourth-order valence-corrected chi connectivity index (χ4v) is 0.938. The van der Waals surface area contributed by atoms with E-state index in [1.807, 2.05) is 5.43 Å². The van der Waals surface area contributed by atoms with Gasteiger partial charge in [0.25, 0.3) is 0 Å². The molecule has 80 valence electrons. The van der Waals surface area contributed by atoms with Crippen LogP contribution in [0.4, 0.5) is 13.2 Å². The number of nitrogens with one attached hydrogen (secondary N) is 1. The Morgan fingerprint density at radius 1 is 1.33 bits per heavy atom. The van der Waals surface area contributed by atoms with E-state index in [-0.39, 0.29) is 5.56 Å². The van der Waals surface area contributed by atoms with Crippen molar-refractivity contribution in [1.29, 1.82) is 0 Å². The summed E-state index contributed by atoms with van der Waals surface area (Å²) in [4.78, 5) is 9.82. The number of hydrogen-bond donors (Lipinski definition) is 1. The standard InChI is InChI=1S/C9H7F3N2O/c10-9(11,12)8-3-1-2-7(4-8)5-13-14-6-15/h1-6H,(H,14,15)/b13-5+. The summed E-state index contributed by atoms with van der Waals surface area (Å²) in [7, 11) is 0. The molecule has 1 N–H and O–H groups in total. The normalized spacial score (nSPS) is 11.7. The van der Waals surface area contributed by atoms with Crippen LogP contribution in [-0.2, 0) is 11.0 Å². The molecule has 15 heavy (non-hydrogen) atoms. The molecule has 1 rings (SSSR count). The molecule has 0 spiro atoms. The number of halogens is 3. The van der Waals surface area contributed by atoms with Gasteiger partial charge in [-0.2, -0.15) is 18.3 Å². The van der Waals surface area contributed by atoms with Crippen LogP contribution in [0, 0.1) is 0 Å². The van der Waals surface area contributed by atoms with Gasteiger partial charge < -0.3 is 0 Å². The first-order valence-corrected chi connectivity index (χ1v) is 3.93. The lowest BCUT2D eigenvalue weighted by Crippen LogP contribution is -2.05. The van der Waals surface area contributed by atoms with Gasteiger partial charge >= 0.3 is 6.18 Å². The predicted molar refractivity (Wildman–Crippen MR) is 48.2 cm³/mol. The molecule has 0 atom stereocenters. The second-order valence-corrected chi connectivity index (χ2v) is 2.63. The van der Waals surface area contributed by atoms with Crippen molar-refractivity contribution in [3.05, 3.63) is 35.4 Å².